The molecule has 2 aromatic rings. The molecule has 0 unspecified atom stereocenters. The predicted octanol–water partition coefficient (Wildman–Crippen LogP) is 5.61. The third kappa shape index (κ3) is 4.92. The predicted molar refractivity (Wildman–Crippen MR) is 110 cm³/mol. The van der Waals surface area contributed by atoms with Crippen LogP contribution in [-0.2, 0) is 13.0 Å². The molecule has 26 heavy (non-hydrogen) atoms. The van der Waals surface area contributed by atoms with Crippen molar-refractivity contribution in [1.82, 2.24) is 0 Å². The van der Waals surface area contributed by atoms with Crippen LogP contribution in [0.2, 0.25) is 0 Å². The monoisotopic (exact) mass is 351 g/mol. The Kier molecular flexibility index (Phi) is 7.34. The second-order valence-corrected chi connectivity index (χ2v) is 6.21. The van der Waals surface area contributed by atoms with Crippen LogP contribution >= 0.6 is 0 Å². The van der Waals surface area contributed by atoms with Gasteiger partial charge in [0.15, 0.2) is 11.5 Å². The van der Waals surface area contributed by atoms with Crippen molar-refractivity contribution in [2.24, 2.45) is 0 Å². The Bertz CT molecular complexity index is 765. The van der Waals surface area contributed by atoms with Gasteiger partial charge in [-0.15, -0.1) is 6.58 Å². The second kappa shape index (κ2) is 9.71. The first-order chi connectivity index (χ1) is 12.6. The maximum atomic E-state index is 5.86. The minimum atomic E-state index is 0.449. The average molecular weight is 351 g/mol. The van der Waals surface area contributed by atoms with Gasteiger partial charge in [0.1, 0.15) is 6.61 Å². The number of aryl methyl sites for hydroxylation is 1. The standard InChI is InChI=1S/C23H29NO2/c1-6-10-20-14-19(15-22(25-8-3)23(20)26-13-7-2)16-24-21-12-9-11-17(4)18(21)5/h6-7,9,11-12,14-15,24H,1-2,8,10,13,16H2,3-5H3. The molecule has 2 rings (SSSR count). The molecule has 0 saturated carbocycles. The third-order valence-corrected chi connectivity index (χ3v) is 4.29. The first-order valence-corrected chi connectivity index (χ1v) is 9.04. The molecule has 1 N–H and O–H groups in total. The molecule has 0 atom stereocenters. The summed E-state index contributed by atoms with van der Waals surface area (Å²) < 4.78 is 11.7. The van der Waals surface area contributed by atoms with Crippen LogP contribution in [0.5, 0.6) is 11.5 Å². The van der Waals surface area contributed by atoms with Gasteiger partial charge in [-0.05, 0) is 62.1 Å². The maximum Gasteiger partial charge on any atom is 0.165 e. The van der Waals surface area contributed by atoms with E-state index < -0.39 is 0 Å². The third-order valence-electron chi connectivity index (χ3n) is 4.29. The minimum Gasteiger partial charge on any atom is -0.490 e. The first-order valence-electron chi connectivity index (χ1n) is 9.04. The highest BCUT2D eigenvalue weighted by atomic mass is 16.5. The highest BCUT2D eigenvalue weighted by molar-refractivity contribution is 5.55. The molecule has 3 nitrogen and oxygen atoms in total. The SMILES string of the molecule is C=CCOc1c(CC=C)cc(CNc2cccc(C)c2C)cc1OCC. The van der Waals surface area contributed by atoms with E-state index in [1.54, 1.807) is 6.08 Å². The van der Waals surface area contributed by atoms with Crippen LogP contribution in [0.4, 0.5) is 5.69 Å². The van der Waals surface area contributed by atoms with E-state index in [9.17, 15) is 0 Å². The number of ether oxygens (including phenoxy) is 2. The van der Waals surface area contributed by atoms with Crippen molar-refractivity contribution in [2.45, 2.75) is 33.7 Å². The van der Waals surface area contributed by atoms with Crippen LogP contribution in [0.15, 0.2) is 55.6 Å². The van der Waals surface area contributed by atoms with E-state index in [-0.39, 0.29) is 0 Å². The lowest BCUT2D eigenvalue weighted by Gasteiger charge is -2.18. The molecular weight excluding hydrogens is 322 g/mol. The van der Waals surface area contributed by atoms with Gasteiger partial charge in [0.05, 0.1) is 6.61 Å². The number of anilines is 1. The van der Waals surface area contributed by atoms with Gasteiger partial charge in [0.25, 0.3) is 0 Å². The maximum absolute atomic E-state index is 5.86. The van der Waals surface area contributed by atoms with E-state index in [4.69, 9.17) is 9.47 Å². The van der Waals surface area contributed by atoms with Crippen LogP contribution in [0.1, 0.15) is 29.2 Å². The summed E-state index contributed by atoms with van der Waals surface area (Å²) in [5.74, 6) is 1.55. The highest BCUT2D eigenvalue weighted by Crippen LogP contribution is 2.34. The zero-order valence-electron chi connectivity index (χ0n) is 16.1. The summed E-state index contributed by atoms with van der Waals surface area (Å²) in [6.07, 6.45) is 4.35. The van der Waals surface area contributed by atoms with Crippen LogP contribution in [0.3, 0.4) is 0 Å². The Balaban J connectivity index is 2.30. The zero-order valence-corrected chi connectivity index (χ0v) is 16.1. The Morgan fingerprint density at radius 2 is 1.88 bits per heavy atom. The Morgan fingerprint density at radius 1 is 1.08 bits per heavy atom. The largest absolute Gasteiger partial charge is 0.490 e. The molecule has 0 fully saturated rings. The number of benzene rings is 2. The van der Waals surface area contributed by atoms with E-state index in [1.807, 2.05) is 19.1 Å². The van der Waals surface area contributed by atoms with E-state index in [0.29, 0.717) is 13.2 Å². The summed E-state index contributed by atoms with van der Waals surface area (Å²) in [5.41, 5.74) is 5.93. The lowest BCUT2D eigenvalue weighted by Crippen LogP contribution is -2.06. The molecule has 2 aromatic carbocycles. The van der Waals surface area contributed by atoms with Crippen LogP contribution < -0.4 is 14.8 Å². The van der Waals surface area contributed by atoms with Gasteiger partial charge >= 0.3 is 0 Å². The van der Waals surface area contributed by atoms with Crippen molar-refractivity contribution in [3.8, 4) is 11.5 Å². The fourth-order valence-corrected chi connectivity index (χ4v) is 2.84. The lowest BCUT2D eigenvalue weighted by atomic mass is 10.0. The Hall–Kier alpha value is -2.68. The fourth-order valence-electron chi connectivity index (χ4n) is 2.84. The molecule has 3 heteroatoms. The fraction of sp³-hybridized carbons (Fsp3) is 0.304. The van der Waals surface area contributed by atoms with Gasteiger partial charge in [0.2, 0.25) is 0 Å². The summed E-state index contributed by atoms with van der Waals surface area (Å²) in [4.78, 5) is 0. The van der Waals surface area contributed by atoms with E-state index in [1.165, 1.54) is 11.1 Å². The molecule has 0 radical (unpaired) electrons. The molecule has 0 spiro atoms. The zero-order chi connectivity index (χ0) is 18.9. The van der Waals surface area contributed by atoms with E-state index in [2.05, 4.69) is 56.6 Å². The summed E-state index contributed by atoms with van der Waals surface area (Å²) >= 11 is 0. The molecule has 0 amide bonds. The van der Waals surface area contributed by atoms with E-state index in [0.717, 1.165) is 41.3 Å². The average Bonchev–Trinajstić information content (AvgIpc) is 2.63. The van der Waals surface area contributed by atoms with Gasteiger partial charge in [-0.2, -0.15) is 0 Å². The van der Waals surface area contributed by atoms with Crippen molar-refractivity contribution in [1.29, 1.82) is 0 Å². The normalized spacial score (nSPS) is 10.3. The van der Waals surface area contributed by atoms with Crippen LogP contribution in [0.25, 0.3) is 0 Å². The van der Waals surface area contributed by atoms with Crippen LogP contribution in [0, 0.1) is 13.8 Å². The van der Waals surface area contributed by atoms with Gasteiger partial charge in [-0.1, -0.05) is 30.9 Å². The first kappa shape index (κ1) is 19.6. The molecule has 0 aliphatic heterocycles. The summed E-state index contributed by atoms with van der Waals surface area (Å²) in [7, 11) is 0. The quantitative estimate of drug-likeness (QED) is 0.565. The van der Waals surface area contributed by atoms with Crippen molar-refractivity contribution >= 4 is 5.69 Å². The number of hydrogen-bond donors (Lipinski definition) is 1. The highest BCUT2D eigenvalue weighted by Gasteiger charge is 2.13. The van der Waals surface area contributed by atoms with Crippen molar-refractivity contribution in [2.75, 3.05) is 18.5 Å². The van der Waals surface area contributed by atoms with Crippen molar-refractivity contribution in [3.05, 3.63) is 77.9 Å². The summed E-state index contributed by atoms with van der Waals surface area (Å²) in [5, 5.41) is 3.53. The molecule has 0 heterocycles. The number of hydrogen-bond acceptors (Lipinski definition) is 3. The summed E-state index contributed by atoms with van der Waals surface area (Å²) in [6.45, 7) is 15.6. The van der Waals surface area contributed by atoms with Gasteiger partial charge < -0.3 is 14.8 Å². The van der Waals surface area contributed by atoms with Crippen molar-refractivity contribution < 1.29 is 9.47 Å². The molecular formula is C23H29NO2. The van der Waals surface area contributed by atoms with Crippen LogP contribution in [-0.4, -0.2) is 13.2 Å². The molecule has 0 aliphatic carbocycles. The smallest absolute Gasteiger partial charge is 0.165 e. The molecule has 0 bridgehead atoms. The minimum absolute atomic E-state index is 0.449. The number of allylic oxidation sites excluding steroid dienone is 1. The molecule has 0 saturated heterocycles. The molecule has 138 valence electrons. The Labute approximate surface area is 157 Å². The number of rotatable bonds is 10. The van der Waals surface area contributed by atoms with Gasteiger partial charge in [-0.25, -0.2) is 0 Å². The second-order valence-electron chi connectivity index (χ2n) is 6.21. The van der Waals surface area contributed by atoms with E-state index >= 15 is 0 Å². The molecule has 0 aromatic heterocycles. The molecule has 0 aliphatic rings. The van der Waals surface area contributed by atoms with Gasteiger partial charge in [0, 0.05) is 17.8 Å². The topological polar surface area (TPSA) is 30.5 Å². The Morgan fingerprint density at radius 3 is 2.58 bits per heavy atom. The van der Waals surface area contributed by atoms with Gasteiger partial charge in [-0.3, -0.25) is 0 Å². The summed E-state index contributed by atoms with van der Waals surface area (Å²) in [6, 6.07) is 10.5. The number of nitrogens with one attached hydrogen (secondary N) is 1. The van der Waals surface area contributed by atoms with Crippen molar-refractivity contribution in [3.63, 3.8) is 0 Å². The lowest BCUT2D eigenvalue weighted by molar-refractivity contribution is 0.294.